The van der Waals surface area contributed by atoms with Gasteiger partial charge in [0.1, 0.15) is 4.83 Å². The van der Waals surface area contributed by atoms with Gasteiger partial charge in [0.15, 0.2) is 5.16 Å². The van der Waals surface area contributed by atoms with E-state index in [9.17, 15) is 4.79 Å². The summed E-state index contributed by atoms with van der Waals surface area (Å²) in [6, 6.07) is 8.11. The maximum atomic E-state index is 13.9. The van der Waals surface area contributed by atoms with Crippen LogP contribution < -0.4 is 5.56 Å². The number of benzene rings is 1. The highest BCUT2D eigenvalue weighted by atomic mass is 32.2. The lowest BCUT2D eigenvalue weighted by atomic mass is 9.96. The Labute approximate surface area is 193 Å². The van der Waals surface area contributed by atoms with Crippen LogP contribution in [0.25, 0.3) is 15.9 Å². The molecule has 1 aliphatic heterocycles. The maximum absolute atomic E-state index is 13.9. The lowest BCUT2D eigenvalue weighted by Gasteiger charge is -2.26. The second-order valence-corrected chi connectivity index (χ2v) is 10.9. The molecule has 0 unspecified atom stereocenters. The van der Waals surface area contributed by atoms with Crippen molar-refractivity contribution in [3.05, 3.63) is 50.6 Å². The summed E-state index contributed by atoms with van der Waals surface area (Å²) in [5.74, 6) is 1.40. The number of hydrogen-bond acceptors (Lipinski definition) is 5. The van der Waals surface area contributed by atoms with Gasteiger partial charge in [-0.1, -0.05) is 70.0 Å². The highest BCUT2D eigenvalue weighted by Crippen LogP contribution is 2.36. The van der Waals surface area contributed by atoms with Crippen LogP contribution in [0.1, 0.15) is 62.5 Å². The van der Waals surface area contributed by atoms with Gasteiger partial charge >= 0.3 is 0 Å². The van der Waals surface area contributed by atoms with Crippen LogP contribution in [-0.2, 0) is 17.8 Å². The molecule has 0 N–H and O–H groups in total. The summed E-state index contributed by atoms with van der Waals surface area (Å²) >= 11 is 3.34. The average molecular weight is 457 g/mol. The smallest absolute Gasteiger partial charge is 0.267 e. The van der Waals surface area contributed by atoms with Crippen LogP contribution in [0.3, 0.4) is 0 Å². The number of rotatable bonds is 8. The fraction of sp³-hybridized carbons (Fsp3) is 0.520. The number of unbranched alkanes of at least 4 members (excludes halogenated alkanes) is 3. The van der Waals surface area contributed by atoms with Gasteiger partial charge in [0, 0.05) is 17.1 Å². The minimum atomic E-state index is 0.0669. The van der Waals surface area contributed by atoms with E-state index in [1.54, 1.807) is 23.1 Å². The van der Waals surface area contributed by atoms with E-state index in [1.807, 2.05) is 22.8 Å². The van der Waals surface area contributed by atoms with Gasteiger partial charge in [-0.2, -0.15) is 0 Å². The normalized spacial score (nSPS) is 16.2. The molecular formula is C25H32N2O2S2. The van der Waals surface area contributed by atoms with Crippen LogP contribution in [0.5, 0.6) is 0 Å². The zero-order valence-electron chi connectivity index (χ0n) is 18.9. The summed E-state index contributed by atoms with van der Waals surface area (Å²) in [7, 11) is 0. The predicted molar refractivity (Wildman–Crippen MR) is 132 cm³/mol. The molecular weight excluding hydrogens is 424 g/mol. The third-order valence-electron chi connectivity index (χ3n) is 6.04. The van der Waals surface area contributed by atoms with E-state index in [4.69, 9.17) is 9.72 Å². The third-order valence-corrected chi connectivity index (χ3v) is 8.16. The summed E-state index contributed by atoms with van der Waals surface area (Å²) in [6.45, 7) is 9.24. The molecule has 6 heteroatoms. The number of thiophene rings is 1. The molecule has 3 heterocycles. The quantitative estimate of drug-likeness (QED) is 0.220. The molecule has 0 amide bonds. The Morgan fingerprint density at radius 2 is 2.06 bits per heavy atom. The van der Waals surface area contributed by atoms with Crippen LogP contribution in [0.2, 0.25) is 0 Å². The van der Waals surface area contributed by atoms with Crippen LogP contribution in [0.15, 0.2) is 34.2 Å². The van der Waals surface area contributed by atoms with E-state index >= 15 is 0 Å². The molecule has 1 aromatic carbocycles. The molecule has 0 aliphatic carbocycles. The third kappa shape index (κ3) is 4.62. The van der Waals surface area contributed by atoms with Gasteiger partial charge in [-0.15, -0.1) is 11.3 Å². The first-order chi connectivity index (χ1) is 15.0. The summed E-state index contributed by atoms with van der Waals surface area (Å²) in [5, 5.41) is 1.61. The topological polar surface area (TPSA) is 44.1 Å². The second kappa shape index (κ2) is 9.88. The van der Waals surface area contributed by atoms with Crippen molar-refractivity contribution in [1.82, 2.24) is 9.55 Å². The largest absolute Gasteiger partial charge is 0.372 e. The molecule has 4 nitrogen and oxygen atoms in total. The Balaban J connectivity index is 1.82. The predicted octanol–water partition coefficient (Wildman–Crippen LogP) is 6.53. The summed E-state index contributed by atoms with van der Waals surface area (Å²) in [5.41, 5.74) is 3.25. The molecule has 0 saturated carbocycles. The molecule has 0 radical (unpaired) electrons. The Kier molecular flexibility index (Phi) is 7.19. The lowest BCUT2D eigenvalue weighted by molar-refractivity contribution is 0.00200. The van der Waals surface area contributed by atoms with Crippen molar-refractivity contribution in [2.45, 2.75) is 77.7 Å². The van der Waals surface area contributed by atoms with Gasteiger partial charge in [-0.3, -0.25) is 9.36 Å². The second-order valence-electron chi connectivity index (χ2n) is 8.71. The molecule has 1 aliphatic rings. The van der Waals surface area contributed by atoms with E-state index < -0.39 is 0 Å². The molecule has 1 atom stereocenters. The van der Waals surface area contributed by atoms with E-state index in [0.717, 1.165) is 55.7 Å². The number of aromatic nitrogens is 2. The van der Waals surface area contributed by atoms with E-state index in [2.05, 4.69) is 33.8 Å². The molecule has 0 spiro atoms. The molecule has 166 valence electrons. The summed E-state index contributed by atoms with van der Waals surface area (Å²) in [4.78, 5) is 21.0. The fourth-order valence-corrected chi connectivity index (χ4v) is 6.32. The molecule has 0 bridgehead atoms. The van der Waals surface area contributed by atoms with Crippen molar-refractivity contribution in [3.63, 3.8) is 0 Å². The average Bonchev–Trinajstić information content (AvgIpc) is 3.12. The number of hydrogen-bond donors (Lipinski definition) is 0. The molecule has 31 heavy (non-hydrogen) atoms. The van der Waals surface area contributed by atoms with Gasteiger partial charge in [0.05, 0.1) is 23.8 Å². The highest BCUT2D eigenvalue weighted by molar-refractivity contribution is 7.99. The van der Waals surface area contributed by atoms with Gasteiger partial charge in [0.2, 0.25) is 0 Å². The number of ether oxygens (including phenoxy) is 1. The molecule has 4 rings (SSSR count). The van der Waals surface area contributed by atoms with Crippen molar-refractivity contribution in [1.29, 1.82) is 0 Å². The Bertz CT molecular complexity index is 1120. The molecule has 0 fully saturated rings. The van der Waals surface area contributed by atoms with Crippen molar-refractivity contribution >= 4 is 33.3 Å². The van der Waals surface area contributed by atoms with E-state index in [-0.39, 0.29) is 11.7 Å². The highest BCUT2D eigenvalue weighted by Gasteiger charge is 2.28. The standard InChI is InChI=1S/C25H32N2O2S2/c1-5-6-7-10-13-30-25-26-23-22(18-14-20(16(2)3)29-15-21(18)31-23)24(28)27(25)19-12-9-8-11-17(19)4/h8-9,11-12,16,20H,5-7,10,13-15H2,1-4H3/t20-/m1/s1. The molecule has 0 saturated heterocycles. The molecule has 3 aromatic rings. The first-order valence-corrected chi connectivity index (χ1v) is 13.2. The van der Waals surface area contributed by atoms with Gasteiger partial charge < -0.3 is 4.74 Å². The minimum Gasteiger partial charge on any atom is -0.372 e. The minimum absolute atomic E-state index is 0.0669. The Hall–Kier alpha value is -1.63. The first kappa shape index (κ1) is 22.6. The van der Waals surface area contributed by atoms with Crippen LogP contribution in [-0.4, -0.2) is 21.4 Å². The summed E-state index contributed by atoms with van der Waals surface area (Å²) in [6.07, 6.45) is 5.80. The number of fused-ring (bicyclic) bond motifs is 3. The Morgan fingerprint density at radius 3 is 2.81 bits per heavy atom. The van der Waals surface area contributed by atoms with Gasteiger partial charge in [-0.05, 0) is 36.5 Å². The molecule has 2 aromatic heterocycles. The zero-order valence-corrected chi connectivity index (χ0v) is 20.6. The SMILES string of the molecule is CCCCCCSc1nc2sc3c(c2c(=O)n1-c1ccccc1C)C[C@H](C(C)C)OC3. The van der Waals surface area contributed by atoms with Crippen molar-refractivity contribution < 1.29 is 4.74 Å². The number of aryl methyl sites for hydroxylation is 1. The van der Waals surface area contributed by atoms with E-state index in [0.29, 0.717) is 12.5 Å². The van der Waals surface area contributed by atoms with E-state index in [1.165, 1.54) is 19.3 Å². The number of thioether (sulfide) groups is 1. The van der Waals surface area contributed by atoms with Crippen LogP contribution in [0.4, 0.5) is 0 Å². The maximum Gasteiger partial charge on any atom is 0.267 e. The van der Waals surface area contributed by atoms with Crippen molar-refractivity contribution in [2.75, 3.05) is 5.75 Å². The van der Waals surface area contributed by atoms with Crippen LogP contribution in [0, 0.1) is 12.8 Å². The van der Waals surface area contributed by atoms with Crippen molar-refractivity contribution in [3.8, 4) is 5.69 Å². The number of para-hydroxylation sites is 1. The van der Waals surface area contributed by atoms with Crippen molar-refractivity contribution in [2.24, 2.45) is 5.92 Å². The monoisotopic (exact) mass is 456 g/mol. The summed E-state index contributed by atoms with van der Waals surface area (Å²) < 4.78 is 7.93. The fourth-order valence-electron chi connectivity index (χ4n) is 4.15. The zero-order chi connectivity index (χ0) is 22.0. The van der Waals surface area contributed by atoms with Crippen LogP contribution >= 0.6 is 23.1 Å². The number of nitrogens with zero attached hydrogens (tertiary/aromatic N) is 2. The Morgan fingerprint density at radius 1 is 1.26 bits per heavy atom. The first-order valence-electron chi connectivity index (χ1n) is 11.4. The lowest BCUT2D eigenvalue weighted by Crippen LogP contribution is -2.28. The van der Waals surface area contributed by atoms with Gasteiger partial charge in [-0.25, -0.2) is 4.98 Å². The van der Waals surface area contributed by atoms with Gasteiger partial charge in [0.25, 0.3) is 5.56 Å².